The zero-order chi connectivity index (χ0) is 23.8. The maximum atomic E-state index is 12.7. The van der Waals surface area contributed by atoms with Crippen LogP contribution in [0.1, 0.15) is 44.1 Å². The van der Waals surface area contributed by atoms with Crippen LogP contribution in [0.2, 0.25) is 0 Å². The minimum absolute atomic E-state index is 0.113. The second kappa shape index (κ2) is 15.6. The molecule has 11 heteroatoms. The average Bonchev–Trinajstić information content (AvgIpc) is 2.77. The lowest BCUT2D eigenvalue weighted by molar-refractivity contribution is -0.128. The molecule has 0 bridgehead atoms. The van der Waals surface area contributed by atoms with E-state index >= 15 is 0 Å². The number of rotatable bonds is 15. The van der Waals surface area contributed by atoms with Crippen molar-refractivity contribution in [2.45, 2.75) is 51.2 Å². The SMILES string of the molecule is NCCCCCC(=O)NCC(=O)N[C@@H](CCCNC(N)=O)C(=O)Nc1ccc(CO)cc1. The minimum atomic E-state index is -0.879. The molecule has 0 fully saturated rings. The summed E-state index contributed by atoms with van der Waals surface area (Å²) in [4.78, 5) is 47.6. The number of aliphatic hydroxyl groups excluding tert-OH is 1. The third kappa shape index (κ3) is 11.9. The van der Waals surface area contributed by atoms with Crippen molar-refractivity contribution in [2.24, 2.45) is 11.5 Å². The van der Waals surface area contributed by atoms with Crippen LogP contribution >= 0.6 is 0 Å². The zero-order valence-electron chi connectivity index (χ0n) is 18.2. The van der Waals surface area contributed by atoms with Crippen LogP contribution in [0.4, 0.5) is 10.5 Å². The summed E-state index contributed by atoms with van der Waals surface area (Å²) in [5.74, 6) is -1.19. The Bertz CT molecular complexity index is 741. The predicted octanol–water partition coefficient (Wildman–Crippen LogP) is -0.314. The largest absolute Gasteiger partial charge is 0.392 e. The van der Waals surface area contributed by atoms with Gasteiger partial charge in [-0.05, 0) is 49.9 Å². The van der Waals surface area contributed by atoms with E-state index in [0.717, 1.165) is 12.8 Å². The Morgan fingerprint density at radius 1 is 0.938 bits per heavy atom. The van der Waals surface area contributed by atoms with Crippen molar-refractivity contribution in [3.63, 3.8) is 0 Å². The highest BCUT2D eigenvalue weighted by Crippen LogP contribution is 2.11. The number of carbonyl (C=O) groups excluding carboxylic acids is 4. The molecular formula is C21H34N6O5. The van der Waals surface area contributed by atoms with Crippen LogP contribution in [0.25, 0.3) is 0 Å². The number of nitrogens with two attached hydrogens (primary N) is 2. The van der Waals surface area contributed by atoms with Gasteiger partial charge in [0.05, 0.1) is 13.2 Å². The third-order valence-electron chi connectivity index (χ3n) is 4.58. The molecule has 1 aromatic rings. The number of unbranched alkanes of at least 4 members (excludes halogenated alkanes) is 2. The fourth-order valence-electron chi connectivity index (χ4n) is 2.83. The lowest BCUT2D eigenvalue weighted by Crippen LogP contribution is -2.47. The van der Waals surface area contributed by atoms with Crippen molar-refractivity contribution in [3.05, 3.63) is 29.8 Å². The normalized spacial score (nSPS) is 11.3. The van der Waals surface area contributed by atoms with E-state index in [2.05, 4.69) is 21.3 Å². The molecule has 0 unspecified atom stereocenters. The number of hydrogen-bond donors (Lipinski definition) is 7. The Labute approximate surface area is 187 Å². The van der Waals surface area contributed by atoms with Gasteiger partial charge in [-0.2, -0.15) is 0 Å². The van der Waals surface area contributed by atoms with E-state index in [0.29, 0.717) is 37.1 Å². The van der Waals surface area contributed by atoms with E-state index in [-0.39, 0.29) is 32.0 Å². The van der Waals surface area contributed by atoms with Crippen molar-refractivity contribution < 1.29 is 24.3 Å². The van der Waals surface area contributed by atoms with Crippen LogP contribution in [-0.2, 0) is 21.0 Å². The van der Waals surface area contributed by atoms with E-state index in [9.17, 15) is 19.2 Å². The smallest absolute Gasteiger partial charge is 0.312 e. The molecule has 0 heterocycles. The lowest BCUT2D eigenvalue weighted by atomic mass is 10.1. The number of nitrogens with one attached hydrogen (secondary N) is 4. The van der Waals surface area contributed by atoms with E-state index in [1.807, 2.05) is 0 Å². The second-order valence-electron chi connectivity index (χ2n) is 7.27. The van der Waals surface area contributed by atoms with Gasteiger partial charge in [0.1, 0.15) is 6.04 Å². The van der Waals surface area contributed by atoms with Gasteiger partial charge in [-0.15, -0.1) is 0 Å². The fraction of sp³-hybridized carbons (Fsp3) is 0.524. The van der Waals surface area contributed by atoms with Crippen LogP contribution in [0.5, 0.6) is 0 Å². The third-order valence-corrected chi connectivity index (χ3v) is 4.58. The van der Waals surface area contributed by atoms with Gasteiger partial charge < -0.3 is 37.8 Å². The summed E-state index contributed by atoms with van der Waals surface area (Å²) in [5.41, 5.74) is 11.6. The van der Waals surface area contributed by atoms with Gasteiger partial charge in [-0.25, -0.2) is 4.79 Å². The molecule has 1 aromatic carbocycles. The fourth-order valence-corrected chi connectivity index (χ4v) is 2.83. The van der Waals surface area contributed by atoms with Crippen LogP contribution in [0, 0.1) is 0 Å². The number of amides is 5. The molecule has 0 saturated heterocycles. The van der Waals surface area contributed by atoms with E-state index in [1.54, 1.807) is 24.3 Å². The topological polar surface area (TPSA) is 189 Å². The number of benzene rings is 1. The molecule has 1 atom stereocenters. The number of carbonyl (C=O) groups is 4. The number of urea groups is 1. The van der Waals surface area contributed by atoms with Crippen molar-refractivity contribution in [2.75, 3.05) is 25.0 Å². The van der Waals surface area contributed by atoms with Crippen molar-refractivity contribution in [1.29, 1.82) is 0 Å². The molecule has 9 N–H and O–H groups in total. The number of aliphatic hydroxyl groups is 1. The van der Waals surface area contributed by atoms with Gasteiger partial charge in [0.15, 0.2) is 0 Å². The molecule has 32 heavy (non-hydrogen) atoms. The summed E-state index contributed by atoms with van der Waals surface area (Å²) in [6, 6.07) is 5.07. The molecule has 0 spiro atoms. The van der Waals surface area contributed by atoms with Gasteiger partial charge in [0.2, 0.25) is 17.7 Å². The molecule has 0 radical (unpaired) electrons. The Balaban J connectivity index is 2.58. The highest BCUT2D eigenvalue weighted by molar-refractivity contribution is 5.97. The van der Waals surface area contributed by atoms with Crippen LogP contribution in [-0.4, -0.2) is 54.5 Å². The molecule has 11 nitrogen and oxygen atoms in total. The Morgan fingerprint density at radius 2 is 1.66 bits per heavy atom. The monoisotopic (exact) mass is 450 g/mol. The van der Waals surface area contributed by atoms with Gasteiger partial charge in [0, 0.05) is 18.7 Å². The Hall–Kier alpha value is -3.18. The predicted molar refractivity (Wildman–Crippen MR) is 120 cm³/mol. The van der Waals surface area contributed by atoms with Crippen molar-refractivity contribution in [3.8, 4) is 0 Å². The molecule has 178 valence electrons. The number of hydrogen-bond acceptors (Lipinski definition) is 6. The van der Waals surface area contributed by atoms with E-state index < -0.39 is 23.9 Å². The summed E-state index contributed by atoms with van der Waals surface area (Å²) in [5, 5.41) is 19.4. The van der Waals surface area contributed by atoms with Crippen LogP contribution < -0.4 is 32.7 Å². The molecule has 0 aliphatic carbocycles. The van der Waals surface area contributed by atoms with Crippen molar-refractivity contribution in [1.82, 2.24) is 16.0 Å². The van der Waals surface area contributed by atoms with Crippen molar-refractivity contribution >= 4 is 29.4 Å². The summed E-state index contributed by atoms with van der Waals surface area (Å²) in [6.45, 7) is 0.469. The highest BCUT2D eigenvalue weighted by Gasteiger charge is 2.21. The van der Waals surface area contributed by atoms with E-state index in [4.69, 9.17) is 16.6 Å². The number of primary amides is 1. The minimum Gasteiger partial charge on any atom is -0.392 e. The van der Waals surface area contributed by atoms with Crippen LogP contribution in [0.15, 0.2) is 24.3 Å². The summed E-state index contributed by atoms with van der Waals surface area (Å²) in [7, 11) is 0. The average molecular weight is 451 g/mol. The summed E-state index contributed by atoms with van der Waals surface area (Å²) >= 11 is 0. The zero-order valence-corrected chi connectivity index (χ0v) is 18.2. The second-order valence-corrected chi connectivity index (χ2v) is 7.27. The maximum Gasteiger partial charge on any atom is 0.312 e. The first-order chi connectivity index (χ1) is 15.3. The summed E-state index contributed by atoms with van der Waals surface area (Å²) in [6.07, 6.45) is 3.34. The van der Waals surface area contributed by atoms with Crippen LogP contribution in [0.3, 0.4) is 0 Å². The molecule has 1 rings (SSSR count). The van der Waals surface area contributed by atoms with Gasteiger partial charge >= 0.3 is 6.03 Å². The maximum absolute atomic E-state index is 12.7. The Morgan fingerprint density at radius 3 is 2.28 bits per heavy atom. The quantitative estimate of drug-likeness (QED) is 0.179. The highest BCUT2D eigenvalue weighted by atomic mass is 16.3. The van der Waals surface area contributed by atoms with Gasteiger partial charge in [0.25, 0.3) is 0 Å². The first-order valence-electron chi connectivity index (χ1n) is 10.7. The first-order valence-corrected chi connectivity index (χ1v) is 10.7. The molecule has 0 aliphatic rings. The molecule has 0 saturated carbocycles. The molecular weight excluding hydrogens is 416 g/mol. The molecule has 0 aromatic heterocycles. The molecule has 5 amide bonds. The van der Waals surface area contributed by atoms with Gasteiger partial charge in [-0.3, -0.25) is 14.4 Å². The van der Waals surface area contributed by atoms with E-state index in [1.165, 1.54) is 0 Å². The number of anilines is 1. The lowest BCUT2D eigenvalue weighted by Gasteiger charge is -2.19. The standard InChI is InChI=1S/C21H34N6O5/c22-11-3-1-2-6-18(29)25-13-19(30)27-17(5-4-12-24-21(23)32)20(31)26-16-9-7-15(14-28)8-10-16/h7-10,17,28H,1-6,11-14,22H2,(H,25,29)(H,26,31)(H,27,30)(H3,23,24,32)/t17-/m0/s1. The van der Waals surface area contributed by atoms with Gasteiger partial charge in [-0.1, -0.05) is 18.6 Å². The first kappa shape index (κ1) is 26.9. The Kier molecular flexibility index (Phi) is 13.1. The summed E-state index contributed by atoms with van der Waals surface area (Å²) < 4.78 is 0. The molecule has 0 aliphatic heterocycles.